The van der Waals surface area contributed by atoms with Gasteiger partial charge in [-0.05, 0) is 34.1 Å². The first kappa shape index (κ1) is 12.5. The topological polar surface area (TPSA) is 59.0 Å². The molecule has 0 heterocycles. The van der Waals surface area contributed by atoms with Gasteiger partial charge in [0.15, 0.2) is 0 Å². The van der Waals surface area contributed by atoms with Crippen LogP contribution in [0.3, 0.4) is 0 Å². The SMILES string of the molecule is N#Cc1ccccc1COc1cccc(N)c1Br. The molecule has 0 spiro atoms. The standard InChI is InChI=1S/C14H11BrN2O/c15-14-12(17)6-3-7-13(14)18-9-11-5-2-1-4-10(11)8-16/h1-7H,9,17H2. The largest absolute Gasteiger partial charge is 0.488 e. The van der Waals surface area contributed by atoms with E-state index in [0.717, 1.165) is 10.0 Å². The molecule has 90 valence electrons. The van der Waals surface area contributed by atoms with Crippen LogP contribution in [0.5, 0.6) is 5.75 Å². The average Bonchev–Trinajstić information content (AvgIpc) is 2.41. The highest BCUT2D eigenvalue weighted by Crippen LogP contribution is 2.30. The zero-order valence-corrected chi connectivity index (χ0v) is 11.1. The maximum absolute atomic E-state index is 8.98. The van der Waals surface area contributed by atoms with Crippen LogP contribution >= 0.6 is 15.9 Å². The van der Waals surface area contributed by atoms with Crippen molar-refractivity contribution in [1.29, 1.82) is 5.26 Å². The third-order valence-electron chi connectivity index (χ3n) is 2.51. The fourth-order valence-corrected chi connectivity index (χ4v) is 1.93. The number of nitriles is 1. The monoisotopic (exact) mass is 302 g/mol. The molecular weight excluding hydrogens is 292 g/mol. The lowest BCUT2D eigenvalue weighted by Gasteiger charge is -2.10. The molecule has 2 rings (SSSR count). The Balaban J connectivity index is 2.17. The van der Waals surface area contributed by atoms with Crippen molar-refractivity contribution in [2.75, 3.05) is 5.73 Å². The van der Waals surface area contributed by atoms with Crippen LogP contribution in [0.25, 0.3) is 0 Å². The van der Waals surface area contributed by atoms with E-state index in [1.165, 1.54) is 0 Å². The predicted octanol–water partition coefficient (Wildman–Crippen LogP) is 3.48. The summed E-state index contributed by atoms with van der Waals surface area (Å²) in [5, 5.41) is 8.98. The molecule has 0 atom stereocenters. The Kier molecular flexibility index (Phi) is 3.85. The minimum atomic E-state index is 0.339. The van der Waals surface area contributed by atoms with E-state index in [2.05, 4.69) is 22.0 Å². The van der Waals surface area contributed by atoms with Crippen LogP contribution in [0.2, 0.25) is 0 Å². The van der Waals surface area contributed by atoms with Crippen molar-refractivity contribution < 1.29 is 4.74 Å². The molecule has 0 bridgehead atoms. The van der Waals surface area contributed by atoms with Crippen LogP contribution in [0, 0.1) is 11.3 Å². The molecule has 0 saturated heterocycles. The van der Waals surface area contributed by atoms with Crippen LogP contribution < -0.4 is 10.5 Å². The van der Waals surface area contributed by atoms with E-state index in [4.69, 9.17) is 15.7 Å². The van der Waals surface area contributed by atoms with Crippen molar-refractivity contribution in [3.63, 3.8) is 0 Å². The first-order valence-corrected chi connectivity index (χ1v) is 6.16. The van der Waals surface area contributed by atoms with Gasteiger partial charge in [-0.15, -0.1) is 0 Å². The molecule has 3 nitrogen and oxygen atoms in total. The summed E-state index contributed by atoms with van der Waals surface area (Å²) < 4.78 is 6.40. The number of nitrogens with two attached hydrogens (primary N) is 1. The molecule has 0 aliphatic carbocycles. The van der Waals surface area contributed by atoms with Gasteiger partial charge in [-0.2, -0.15) is 5.26 Å². The summed E-state index contributed by atoms with van der Waals surface area (Å²) in [6, 6.07) is 14.9. The summed E-state index contributed by atoms with van der Waals surface area (Å²) >= 11 is 3.37. The second-order valence-corrected chi connectivity index (χ2v) is 4.51. The van der Waals surface area contributed by atoms with E-state index >= 15 is 0 Å². The van der Waals surface area contributed by atoms with Gasteiger partial charge < -0.3 is 10.5 Å². The Morgan fingerprint density at radius 2 is 1.94 bits per heavy atom. The Bertz CT molecular complexity index is 605. The zero-order chi connectivity index (χ0) is 13.0. The van der Waals surface area contributed by atoms with Crippen molar-refractivity contribution in [2.24, 2.45) is 0 Å². The Morgan fingerprint density at radius 1 is 1.17 bits per heavy atom. The number of hydrogen-bond acceptors (Lipinski definition) is 3. The van der Waals surface area contributed by atoms with Crippen LogP contribution in [0.1, 0.15) is 11.1 Å². The molecule has 4 heteroatoms. The molecule has 0 aromatic heterocycles. The number of rotatable bonds is 3. The van der Waals surface area contributed by atoms with Gasteiger partial charge in [-0.3, -0.25) is 0 Å². The minimum Gasteiger partial charge on any atom is -0.488 e. The molecule has 2 aromatic carbocycles. The Labute approximate surface area is 114 Å². The van der Waals surface area contributed by atoms with E-state index < -0.39 is 0 Å². The second-order valence-electron chi connectivity index (χ2n) is 3.72. The lowest BCUT2D eigenvalue weighted by atomic mass is 10.1. The summed E-state index contributed by atoms with van der Waals surface area (Å²) in [5.74, 6) is 0.669. The van der Waals surface area contributed by atoms with Crippen molar-refractivity contribution >= 4 is 21.6 Å². The van der Waals surface area contributed by atoms with Crippen molar-refractivity contribution in [2.45, 2.75) is 6.61 Å². The molecule has 0 aliphatic heterocycles. The number of nitrogens with zero attached hydrogens (tertiary/aromatic N) is 1. The lowest BCUT2D eigenvalue weighted by Crippen LogP contribution is -1.99. The van der Waals surface area contributed by atoms with Crippen LogP contribution in [-0.4, -0.2) is 0 Å². The summed E-state index contributed by atoms with van der Waals surface area (Å²) in [5.41, 5.74) is 7.87. The molecule has 18 heavy (non-hydrogen) atoms. The number of halogens is 1. The third-order valence-corrected chi connectivity index (χ3v) is 3.36. The summed E-state index contributed by atoms with van der Waals surface area (Å²) in [4.78, 5) is 0. The third kappa shape index (κ3) is 2.63. The zero-order valence-electron chi connectivity index (χ0n) is 9.56. The second kappa shape index (κ2) is 5.56. The van der Waals surface area contributed by atoms with E-state index in [1.807, 2.05) is 30.3 Å². The fourth-order valence-electron chi connectivity index (χ4n) is 1.55. The molecule has 0 amide bonds. The number of hydrogen-bond donors (Lipinski definition) is 1. The summed E-state index contributed by atoms with van der Waals surface area (Å²) in [6.07, 6.45) is 0. The molecule has 0 radical (unpaired) electrons. The van der Waals surface area contributed by atoms with Crippen LogP contribution in [0.4, 0.5) is 5.69 Å². The van der Waals surface area contributed by atoms with E-state index in [9.17, 15) is 0 Å². The molecule has 0 saturated carbocycles. The smallest absolute Gasteiger partial charge is 0.136 e. The van der Waals surface area contributed by atoms with Gasteiger partial charge in [0.25, 0.3) is 0 Å². The molecule has 2 N–H and O–H groups in total. The molecular formula is C14H11BrN2O. The molecule has 0 unspecified atom stereocenters. The summed E-state index contributed by atoms with van der Waals surface area (Å²) in [7, 11) is 0. The van der Waals surface area contributed by atoms with Gasteiger partial charge in [0.05, 0.1) is 16.1 Å². The molecule has 2 aromatic rings. The van der Waals surface area contributed by atoms with E-state index in [0.29, 0.717) is 23.6 Å². The lowest BCUT2D eigenvalue weighted by molar-refractivity contribution is 0.304. The Hall–Kier alpha value is -1.99. The Morgan fingerprint density at radius 3 is 2.72 bits per heavy atom. The first-order valence-electron chi connectivity index (χ1n) is 5.37. The van der Waals surface area contributed by atoms with Gasteiger partial charge >= 0.3 is 0 Å². The first-order chi connectivity index (χ1) is 8.72. The highest BCUT2D eigenvalue weighted by atomic mass is 79.9. The van der Waals surface area contributed by atoms with Gasteiger partial charge in [0.1, 0.15) is 12.4 Å². The van der Waals surface area contributed by atoms with Gasteiger partial charge in [-0.25, -0.2) is 0 Å². The maximum Gasteiger partial charge on any atom is 0.136 e. The highest BCUT2D eigenvalue weighted by molar-refractivity contribution is 9.10. The van der Waals surface area contributed by atoms with Crippen molar-refractivity contribution in [1.82, 2.24) is 0 Å². The number of benzene rings is 2. The molecule has 0 fully saturated rings. The van der Waals surface area contributed by atoms with Crippen LogP contribution in [0.15, 0.2) is 46.9 Å². The van der Waals surface area contributed by atoms with Crippen molar-refractivity contribution in [3.05, 3.63) is 58.1 Å². The van der Waals surface area contributed by atoms with E-state index in [-0.39, 0.29) is 0 Å². The average molecular weight is 303 g/mol. The predicted molar refractivity (Wildman–Crippen MR) is 74.0 cm³/mol. The van der Waals surface area contributed by atoms with Crippen LogP contribution in [-0.2, 0) is 6.61 Å². The number of ether oxygens (including phenoxy) is 1. The number of anilines is 1. The van der Waals surface area contributed by atoms with Gasteiger partial charge in [0.2, 0.25) is 0 Å². The van der Waals surface area contributed by atoms with Crippen molar-refractivity contribution in [3.8, 4) is 11.8 Å². The molecule has 0 aliphatic rings. The van der Waals surface area contributed by atoms with Gasteiger partial charge in [0, 0.05) is 11.3 Å². The minimum absolute atomic E-state index is 0.339. The quantitative estimate of drug-likeness (QED) is 0.883. The summed E-state index contributed by atoms with van der Waals surface area (Å²) in [6.45, 7) is 0.339. The maximum atomic E-state index is 8.98. The van der Waals surface area contributed by atoms with E-state index in [1.54, 1.807) is 12.1 Å². The van der Waals surface area contributed by atoms with Gasteiger partial charge in [-0.1, -0.05) is 24.3 Å². The highest BCUT2D eigenvalue weighted by Gasteiger charge is 2.06. The number of nitrogen functional groups attached to an aromatic ring is 1. The fraction of sp³-hybridized carbons (Fsp3) is 0.0714. The normalized spacial score (nSPS) is 9.78.